The van der Waals surface area contributed by atoms with Gasteiger partial charge < -0.3 is 14.2 Å². The molecule has 6 heteroatoms. The average molecular weight is 395 g/mol. The fourth-order valence-corrected chi connectivity index (χ4v) is 3.80. The number of para-hydroxylation sites is 1. The van der Waals surface area contributed by atoms with E-state index >= 15 is 0 Å². The number of carbonyl (C=O) groups excluding carboxylic acids is 1. The van der Waals surface area contributed by atoms with Crippen LogP contribution in [0.2, 0.25) is 0 Å². The van der Waals surface area contributed by atoms with Gasteiger partial charge in [-0.15, -0.1) is 0 Å². The van der Waals surface area contributed by atoms with Crippen LogP contribution in [0.3, 0.4) is 0 Å². The second-order valence-electron chi connectivity index (χ2n) is 7.75. The summed E-state index contributed by atoms with van der Waals surface area (Å²) in [6.45, 7) is 3.10. The van der Waals surface area contributed by atoms with Crippen LogP contribution in [0.15, 0.2) is 54.7 Å². The number of likely N-dealkylation sites (N-methyl/N-ethyl adjacent to an activating group) is 1. The van der Waals surface area contributed by atoms with Gasteiger partial charge in [-0.2, -0.15) is 0 Å². The molecule has 29 heavy (non-hydrogen) atoms. The van der Waals surface area contributed by atoms with Crippen LogP contribution in [0.1, 0.15) is 5.56 Å². The Morgan fingerprint density at radius 2 is 2.00 bits per heavy atom. The molecule has 0 aliphatic carbocycles. The minimum atomic E-state index is -0.385. The molecule has 1 aliphatic rings. The van der Waals surface area contributed by atoms with Gasteiger partial charge in [-0.3, -0.25) is 9.69 Å². The second kappa shape index (κ2) is 8.25. The Bertz CT molecular complexity index is 1010. The van der Waals surface area contributed by atoms with Gasteiger partial charge in [0, 0.05) is 45.4 Å². The Kier molecular flexibility index (Phi) is 5.53. The predicted molar refractivity (Wildman–Crippen MR) is 111 cm³/mol. The molecule has 0 unspecified atom stereocenters. The summed E-state index contributed by atoms with van der Waals surface area (Å²) in [7, 11) is 3.83. The number of halogens is 1. The Morgan fingerprint density at radius 3 is 2.79 bits per heavy atom. The van der Waals surface area contributed by atoms with E-state index in [1.165, 1.54) is 22.5 Å². The minimum absolute atomic E-state index is 0.0206. The van der Waals surface area contributed by atoms with Crippen molar-refractivity contribution in [1.82, 2.24) is 14.4 Å². The molecule has 0 saturated carbocycles. The molecule has 152 valence electrons. The van der Waals surface area contributed by atoms with Crippen LogP contribution in [0.25, 0.3) is 10.9 Å². The molecule has 1 amide bonds. The van der Waals surface area contributed by atoms with Gasteiger partial charge in [-0.25, -0.2) is 4.39 Å². The first-order valence-corrected chi connectivity index (χ1v) is 9.90. The van der Waals surface area contributed by atoms with Crippen LogP contribution < -0.4 is 4.74 Å². The highest BCUT2D eigenvalue weighted by atomic mass is 19.1. The summed E-state index contributed by atoms with van der Waals surface area (Å²) in [6.07, 6.45) is 2.07. The Hall–Kier alpha value is -2.86. The minimum Gasteiger partial charge on any atom is -0.489 e. The Balaban J connectivity index is 1.22. The number of ether oxygens (including phenoxy) is 1. The maximum absolute atomic E-state index is 13.6. The van der Waals surface area contributed by atoms with Gasteiger partial charge in [0.1, 0.15) is 6.61 Å². The highest BCUT2D eigenvalue weighted by molar-refractivity contribution is 5.81. The molecule has 0 N–H and O–H groups in total. The maximum Gasteiger partial charge on any atom is 0.228 e. The van der Waals surface area contributed by atoms with E-state index in [1.54, 1.807) is 30.1 Å². The molecule has 0 bridgehead atoms. The third-order valence-electron chi connectivity index (χ3n) is 5.56. The van der Waals surface area contributed by atoms with Crippen molar-refractivity contribution in [1.29, 1.82) is 0 Å². The van der Waals surface area contributed by atoms with Gasteiger partial charge in [0.15, 0.2) is 11.6 Å². The normalized spacial score (nSPS) is 14.7. The third kappa shape index (κ3) is 4.27. The summed E-state index contributed by atoms with van der Waals surface area (Å²) < 4.78 is 21.1. The van der Waals surface area contributed by atoms with Crippen LogP contribution in [-0.4, -0.2) is 53.6 Å². The highest BCUT2D eigenvalue weighted by Gasteiger charge is 2.34. The summed E-state index contributed by atoms with van der Waals surface area (Å²) >= 11 is 0. The molecule has 5 nitrogen and oxygen atoms in total. The van der Waals surface area contributed by atoms with Crippen LogP contribution in [0, 0.1) is 11.7 Å². The van der Waals surface area contributed by atoms with Crippen LogP contribution >= 0.6 is 0 Å². The van der Waals surface area contributed by atoms with Crippen molar-refractivity contribution in [2.24, 2.45) is 13.0 Å². The average Bonchev–Trinajstić information content (AvgIpc) is 3.05. The topological polar surface area (TPSA) is 37.7 Å². The lowest BCUT2D eigenvalue weighted by Gasteiger charge is -2.40. The predicted octanol–water partition coefficient (Wildman–Crippen LogP) is 3.29. The molecule has 1 fully saturated rings. The van der Waals surface area contributed by atoms with Gasteiger partial charge >= 0.3 is 0 Å². The molecule has 0 atom stereocenters. The number of aromatic nitrogens is 1. The molecular formula is C23H26FN3O2. The van der Waals surface area contributed by atoms with Crippen molar-refractivity contribution in [2.75, 3.05) is 33.3 Å². The molecule has 2 aromatic carbocycles. The standard InChI is InChI=1S/C23H26FN3O2/c1-25-10-9-18-8-7-17(13-21(18)25)14-27-15-19(16-27)23(28)26(2)11-12-29-22-6-4-3-5-20(22)24/h3-10,13,19H,11-12,14-16H2,1-2H3. The van der Waals surface area contributed by atoms with E-state index in [1.807, 2.05) is 0 Å². The second-order valence-corrected chi connectivity index (χ2v) is 7.75. The number of carbonyl (C=O) groups is 1. The number of benzene rings is 2. The van der Waals surface area contributed by atoms with E-state index in [0.29, 0.717) is 6.54 Å². The molecule has 1 saturated heterocycles. The first-order valence-electron chi connectivity index (χ1n) is 9.90. The summed E-state index contributed by atoms with van der Waals surface area (Å²) in [4.78, 5) is 16.6. The lowest BCUT2D eigenvalue weighted by atomic mass is 9.97. The van der Waals surface area contributed by atoms with Gasteiger partial charge in [0.05, 0.1) is 12.5 Å². The molecular weight excluding hydrogens is 369 g/mol. The smallest absolute Gasteiger partial charge is 0.228 e. The van der Waals surface area contributed by atoms with Gasteiger partial charge in [-0.1, -0.05) is 24.3 Å². The van der Waals surface area contributed by atoms with E-state index in [-0.39, 0.29) is 30.0 Å². The Labute approximate surface area is 170 Å². The SMILES string of the molecule is CN(CCOc1ccccc1F)C(=O)C1CN(Cc2ccc3ccn(C)c3c2)C1. The zero-order valence-corrected chi connectivity index (χ0v) is 16.8. The third-order valence-corrected chi connectivity index (χ3v) is 5.56. The van der Waals surface area contributed by atoms with Crippen LogP contribution in [-0.2, 0) is 18.4 Å². The number of amides is 1. The molecule has 4 rings (SSSR count). The fourth-order valence-electron chi connectivity index (χ4n) is 3.80. The monoisotopic (exact) mass is 395 g/mol. The van der Waals surface area contributed by atoms with Crippen molar-refractivity contribution in [3.8, 4) is 5.75 Å². The molecule has 2 heterocycles. The van der Waals surface area contributed by atoms with Crippen molar-refractivity contribution >= 4 is 16.8 Å². The summed E-state index contributed by atoms with van der Waals surface area (Å²) in [6, 6.07) is 14.9. The van der Waals surface area contributed by atoms with E-state index in [0.717, 1.165) is 19.6 Å². The number of likely N-dealkylation sites (tertiary alicyclic amines) is 1. The fraction of sp³-hybridized carbons (Fsp3) is 0.348. The number of hydrogen-bond donors (Lipinski definition) is 0. The number of rotatable bonds is 7. The zero-order valence-electron chi connectivity index (χ0n) is 16.8. The molecule has 0 spiro atoms. The van der Waals surface area contributed by atoms with E-state index in [2.05, 4.69) is 47.0 Å². The first kappa shape index (κ1) is 19.5. The first-order chi connectivity index (χ1) is 14.0. The van der Waals surface area contributed by atoms with E-state index in [4.69, 9.17) is 4.74 Å². The number of fused-ring (bicyclic) bond motifs is 1. The summed E-state index contributed by atoms with van der Waals surface area (Å²) in [5, 5.41) is 1.24. The highest BCUT2D eigenvalue weighted by Crippen LogP contribution is 2.23. The number of aryl methyl sites for hydroxylation is 1. The zero-order chi connectivity index (χ0) is 20.4. The summed E-state index contributed by atoms with van der Waals surface area (Å²) in [5.41, 5.74) is 2.49. The van der Waals surface area contributed by atoms with E-state index in [9.17, 15) is 9.18 Å². The molecule has 3 aromatic rings. The lowest BCUT2D eigenvalue weighted by Crippen LogP contribution is -2.53. The van der Waals surface area contributed by atoms with Crippen molar-refractivity contribution in [3.05, 3.63) is 66.1 Å². The number of nitrogens with zero attached hydrogens (tertiary/aromatic N) is 3. The molecule has 1 aliphatic heterocycles. The molecule has 0 radical (unpaired) electrons. The molecule has 1 aromatic heterocycles. The van der Waals surface area contributed by atoms with Crippen LogP contribution in [0.4, 0.5) is 4.39 Å². The van der Waals surface area contributed by atoms with Gasteiger partial charge in [0.2, 0.25) is 5.91 Å². The summed E-state index contributed by atoms with van der Waals surface area (Å²) in [5.74, 6) is -0.0218. The Morgan fingerprint density at radius 1 is 1.21 bits per heavy atom. The van der Waals surface area contributed by atoms with E-state index < -0.39 is 0 Å². The van der Waals surface area contributed by atoms with Crippen molar-refractivity contribution < 1.29 is 13.9 Å². The number of hydrogen-bond acceptors (Lipinski definition) is 3. The van der Waals surface area contributed by atoms with Crippen LogP contribution in [0.5, 0.6) is 5.75 Å². The van der Waals surface area contributed by atoms with Gasteiger partial charge in [-0.05, 0) is 35.2 Å². The maximum atomic E-state index is 13.6. The van der Waals surface area contributed by atoms with Gasteiger partial charge in [0.25, 0.3) is 0 Å². The lowest BCUT2D eigenvalue weighted by molar-refractivity contribution is -0.140. The quantitative estimate of drug-likeness (QED) is 0.616. The van der Waals surface area contributed by atoms with Crippen molar-refractivity contribution in [2.45, 2.75) is 6.54 Å². The largest absolute Gasteiger partial charge is 0.489 e. The van der Waals surface area contributed by atoms with Crippen molar-refractivity contribution in [3.63, 3.8) is 0 Å².